The Bertz CT molecular complexity index is 772. The third kappa shape index (κ3) is 6.39. The van der Waals surface area contributed by atoms with Gasteiger partial charge in [-0.3, -0.25) is 0 Å². The van der Waals surface area contributed by atoms with E-state index in [1.807, 2.05) is 0 Å². The number of allylic oxidation sites excluding steroid dienone is 2. The van der Waals surface area contributed by atoms with E-state index in [0.717, 1.165) is 69.0 Å². The van der Waals surface area contributed by atoms with E-state index >= 15 is 0 Å². The molecule has 0 spiro atoms. The Hall–Kier alpha value is 0.368. The van der Waals surface area contributed by atoms with E-state index in [2.05, 4.69) is 58.4 Å². The van der Waals surface area contributed by atoms with Crippen LogP contribution in [-0.2, 0) is 26.2 Å². The van der Waals surface area contributed by atoms with Crippen LogP contribution in [0.3, 0.4) is 0 Å². The van der Waals surface area contributed by atoms with Gasteiger partial charge in [0.1, 0.15) is 0 Å². The number of fused-ring (bicyclic) bond motifs is 5. The standard InChI is InChI=1S/C26H51O6Si4/c1-9-26(19-29-20-26)18-28-14-11-15-35(7,31-34(5,6)27-2)32-36(8,30-33(3)4)25-17-21-16-24(25)23-13-10-12-22(21)23/h10,13,21-25H,9,11-12,14-20H2,1-8H3. The van der Waals surface area contributed by atoms with Crippen molar-refractivity contribution < 1.29 is 26.2 Å². The molecule has 36 heavy (non-hydrogen) atoms. The van der Waals surface area contributed by atoms with Crippen LogP contribution in [0.4, 0.5) is 0 Å². The third-order valence-corrected chi connectivity index (χ3v) is 23.9. The second kappa shape index (κ2) is 11.5. The molecule has 10 heteroatoms. The molecule has 7 unspecified atom stereocenters. The highest BCUT2D eigenvalue weighted by atomic mass is 28.5. The van der Waals surface area contributed by atoms with Crippen molar-refractivity contribution >= 4 is 34.7 Å². The van der Waals surface area contributed by atoms with Gasteiger partial charge in [-0.2, -0.15) is 0 Å². The van der Waals surface area contributed by atoms with Gasteiger partial charge in [-0.05, 0) is 101 Å². The van der Waals surface area contributed by atoms with Gasteiger partial charge in [-0.25, -0.2) is 0 Å². The molecule has 6 nitrogen and oxygen atoms in total. The van der Waals surface area contributed by atoms with Crippen LogP contribution in [0.25, 0.3) is 0 Å². The lowest BCUT2D eigenvalue weighted by molar-refractivity contribution is -0.150. The molecule has 0 N–H and O–H groups in total. The Labute approximate surface area is 225 Å². The van der Waals surface area contributed by atoms with Crippen molar-refractivity contribution in [2.24, 2.45) is 29.1 Å². The highest BCUT2D eigenvalue weighted by Gasteiger charge is 2.61. The maximum absolute atomic E-state index is 7.37. The molecular formula is C26H51O6Si4. The van der Waals surface area contributed by atoms with Crippen LogP contribution in [0.2, 0.25) is 50.9 Å². The molecule has 1 aliphatic heterocycles. The largest absolute Gasteiger partial charge is 0.436 e. The van der Waals surface area contributed by atoms with Gasteiger partial charge < -0.3 is 26.2 Å². The Morgan fingerprint density at radius 3 is 2.42 bits per heavy atom. The zero-order valence-corrected chi connectivity index (χ0v) is 28.1. The quantitative estimate of drug-likeness (QED) is 0.132. The molecule has 4 rings (SSSR count). The van der Waals surface area contributed by atoms with E-state index < -0.39 is 34.7 Å². The molecule has 2 bridgehead atoms. The van der Waals surface area contributed by atoms with Crippen LogP contribution >= 0.6 is 0 Å². The normalized spacial score (nSPS) is 34.0. The fraction of sp³-hybridized carbons (Fsp3) is 0.923. The average Bonchev–Trinajstić information content (AvgIpc) is 3.48. The van der Waals surface area contributed by atoms with Crippen LogP contribution in [0.1, 0.15) is 39.0 Å². The van der Waals surface area contributed by atoms with Crippen molar-refractivity contribution in [3.8, 4) is 0 Å². The third-order valence-electron chi connectivity index (χ3n) is 9.36. The molecule has 1 radical (unpaired) electrons. The Balaban J connectivity index is 1.45. The Kier molecular flexibility index (Phi) is 9.35. The second-order valence-electron chi connectivity index (χ2n) is 12.9. The fourth-order valence-corrected chi connectivity index (χ4v) is 24.3. The molecule has 3 aliphatic carbocycles. The topological polar surface area (TPSA) is 55.4 Å². The fourth-order valence-electron chi connectivity index (χ4n) is 7.40. The van der Waals surface area contributed by atoms with Crippen molar-refractivity contribution in [1.29, 1.82) is 0 Å². The molecule has 7 atom stereocenters. The molecule has 0 amide bonds. The summed E-state index contributed by atoms with van der Waals surface area (Å²) in [6.07, 6.45) is 10.9. The first kappa shape index (κ1) is 29.4. The van der Waals surface area contributed by atoms with Gasteiger partial charge in [-0.15, -0.1) is 0 Å². The molecule has 0 aromatic carbocycles. The highest BCUT2D eigenvalue weighted by Crippen LogP contribution is 2.64. The lowest BCUT2D eigenvalue weighted by atomic mass is 9.81. The van der Waals surface area contributed by atoms with Gasteiger partial charge in [0.25, 0.3) is 0 Å². The van der Waals surface area contributed by atoms with Gasteiger partial charge in [0.05, 0.1) is 19.8 Å². The SMILES string of the molecule is CCC1(COCCC[Si](C)(O[Si](C)(C)OC)O[Si](C)(O[Si](C)C)C2CC3CC2C2C=CCC32)COC1. The zero-order valence-electron chi connectivity index (χ0n) is 24.1. The van der Waals surface area contributed by atoms with Crippen molar-refractivity contribution in [3.05, 3.63) is 12.2 Å². The monoisotopic (exact) mass is 571 g/mol. The summed E-state index contributed by atoms with van der Waals surface area (Å²) in [7, 11) is -6.46. The lowest BCUT2D eigenvalue weighted by Crippen LogP contribution is -2.60. The van der Waals surface area contributed by atoms with Crippen LogP contribution in [0.15, 0.2) is 12.2 Å². The zero-order chi connectivity index (χ0) is 26.2. The minimum atomic E-state index is -2.57. The van der Waals surface area contributed by atoms with E-state index in [-0.39, 0.29) is 5.41 Å². The van der Waals surface area contributed by atoms with Gasteiger partial charge in [0.15, 0.2) is 9.04 Å². The van der Waals surface area contributed by atoms with Crippen molar-refractivity contribution in [1.82, 2.24) is 0 Å². The Morgan fingerprint density at radius 1 is 1.06 bits per heavy atom. The summed E-state index contributed by atoms with van der Waals surface area (Å²) < 4.78 is 38.7. The predicted octanol–water partition coefficient (Wildman–Crippen LogP) is 6.22. The number of hydrogen-bond acceptors (Lipinski definition) is 6. The summed E-state index contributed by atoms with van der Waals surface area (Å²) in [4.78, 5) is 0. The first-order valence-electron chi connectivity index (χ1n) is 14.2. The molecule has 0 aromatic heterocycles. The van der Waals surface area contributed by atoms with Crippen LogP contribution in [0.5, 0.6) is 0 Å². The minimum Gasteiger partial charge on any atom is -0.436 e. The number of ether oxygens (including phenoxy) is 2. The summed E-state index contributed by atoms with van der Waals surface area (Å²) in [5, 5.41) is 0. The van der Waals surface area contributed by atoms with E-state index in [4.69, 9.17) is 26.2 Å². The Morgan fingerprint density at radius 2 is 1.81 bits per heavy atom. The van der Waals surface area contributed by atoms with Crippen LogP contribution < -0.4 is 0 Å². The first-order valence-corrected chi connectivity index (χ1v) is 24.3. The maximum Gasteiger partial charge on any atom is 0.322 e. The van der Waals surface area contributed by atoms with Crippen LogP contribution in [0, 0.1) is 29.1 Å². The van der Waals surface area contributed by atoms with Gasteiger partial charge >= 0.3 is 25.7 Å². The summed E-state index contributed by atoms with van der Waals surface area (Å²) in [5.41, 5.74) is 0.793. The molecule has 4 aliphatic rings. The maximum atomic E-state index is 7.37. The van der Waals surface area contributed by atoms with Gasteiger partial charge in [-0.1, -0.05) is 19.1 Å². The molecule has 1 heterocycles. The summed E-state index contributed by atoms with van der Waals surface area (Å²) in [6, 6.07) is 0.913. The summed E-state index contributed by atoms with van der Waals surface area (Å²) >= 11 is 0. The molecule has 3 fully saturated rings. The van der Waals surface area contributed by atoms with E-state index in [1.54, 1.807) is 7.11 Å². The highest BCUT2D eigenvalue weighted by molar-refractivity contribution is 6.87. The van der Waals surface area contributed by atoms with Crippen molar-refractivity contribution in [2.75, 3.05) is 33.5 Å². The molecule has 207 valence electrons. The van der Waals surface area contributed by atoms with E-state index in [9.17, 15) is 0 Å². The van der Waals surface area contributed by atoms with Gasteiger partial charge in [0.2, 0.25) is 0 Å². The van der Waals surface area contributed by atoms with Crippen molar-refractivity contribution in [3.63, 3.8) is 0 Å². The number of hydrogen-bond donors (Lipinski definition) is 0. The first-order chi connectivity index (χ1) is 16.9. The molecule has 1 saturated heterocycles. The summed E-state index contributed by atoms with van der Waals surface area (Å²) in [5.74, 6) is 3.19. The molecule has 0 aromatic rings. The molecule has 2 saturated carbocycles. The minimum absolute atomic E-state index is 0.229. The van der Waals surface area contributed by atoms with Gasteiger partial charge in [0, 0.05) is 24.7 Å². The van der Waals surface area contributed by atoms with E-state index in [0.29, 0.717) is 5.54 Å². The average molecular weight is 572 g/mol. The van der Waals surface area contributed by atoms with Crippen molar-refractivity contribution in [2.45, 2.75) is 89.9 Å². The lowest BCUT2D eigenvalue weighted by Gasteiger charge is -2.47. The van der Waals surface area contributed by atoms with E-state index in [1.165, 1.54) is 19.3 Å². The number of rotatable bonds is 15. The van der Waals surface area contributed by atoms with Crippen LogP contribution in [-0.4, -0.2) is 68.3 Å². The smallest absolute Gasteiger partial charge is 0.322 e. The molecular weight excluding hydrogens is 521 g/mol. The summed E-state index contributed by atoms with van der Waals surface area (Å²) in [6.45, 7) is 18.9. The second-order valence-corrected chi connectivity index (χ2v) is 25.9. The predicted molar refractivity (Wildman–Crippen MR) is 153 cm³/mol.